The zero-order valence-electron chi connectivity index (χ0n) is 5.69. The number of nitrogens with zero attached hydrogens (tertiary/aromatic N) is 2. The molecule has 0 fully saturated rings. The summed E-state index contributed by atoms with van der Waals surface area (Å²) in [4.78, 5) is 25.6. The van der Waals surface area contributed by atoms with Crippen LogP contribution in [0, 0.1) is 0 Å². The molecule has 0 amide bonds. The molecule has 0 aromatic heterocycles. The highest BCUT2D eigenvalue weighted by Crippen LogP contribution is 1.93. The van der Waals surface area contributed by atoms with E-state index in [1.54, 1.807) is 0 Å². The van der Waals surface area contributed by atoms with Crippen LogP contribution in [-0.4, -0.2) is 24.9 Å². The number of hydrogen-bond acceptors (Lipinski definition) is 5. The zero-order chi connectivity index (χ0) is 8.53. The fraction of sp³-hybridized carbons (Fsp3) is 0.333. The molecule has 0 saturated heterocycles. The maximum atomic E-state index is 9.71. The normalized spacial score (nSPS) is 10.2. The van der Waals surface area contributed by atoms with Crippen molar-refractivity contribution in [3.8, 4) is 0 Å². The number of isocyanates is 2. The van der Waals surface area contributed by atoms with Gasteiger partial charge in [-0.05, 0) is 0 Å². The fourth-order valence-electron chi connectivity index (χ4n) is 0.400. The molecule has 5 nitrogen and oxygen atoms in total. The molecule has 0 saturated carbocycles. The van der Waals surface area contributed by atoms with E-state index >= 15 is 0 Å². The van der Waals surface area contributed by atoms with Gasteiger partial charge in [0.2, 0.25) is 18.4 Å². The van der Waals surface area contributed by atoms with Gasteiger partial charge in [-0.1, -0.05) is 6.58 Å². The number of ether oxygens (including phenoxy) is 1. The van der Waals surface area contributed by atoms with Gasteiger partial charge < -0.3 is 4.74 Å². The average molecular weight is 154 g/mol. The van der Waals surface area contributed by atoms with E-state index in [1.165, 1.54) is 12.2 Å². The maximum Gasteiger partial charge on any atom is 0.238 e. The summed E-state index contributed by atoms with van der Waals surface area (Å²) in [7, 11) is 0. The predicted octanol–water partition coefficient (Wildman–Crippen LogP) is 0.144. The Morgan fingerprint density at radius 2 is 2.27 bits per heavy atom. The Morgan fingerprint density at radius 1 is 1.55 bits per heavy atom. The Balaban J connectivity index is 3.96. The molecule has 0 rings (SSSR count). The van der Waals surface area contributed by atoms with E-state index < -0.39 is 6.23 Å². The third-order valence-corrected chi connectivity index (χ3v) is 0.762. The van der Waals surface area contributed by atoms with Crippen molar-refractivity contribution in [3.63, 3.8) is 0 Å². The van der Waals surface area contributed by atoms with Crippen LogP contribution in [-0.2, 0) is 14.3 Å². The second-order valence-corrected chi connectivity index (χ2v) is 1.41. The van der Waals surface area contributed by atoms with Gasteiger partial charge in [-0.2, -0.15) is 9.98 Å². The van der Waals surface area contributed by atoms with Crippen LogP contribution in [0.4, 0.5) is 0 Å². The summed E-state index contributed by atoms with van der Waals surface area (Å²) in [6, 6.07) is 0. The minimum absolute atomic E-state index is 0.0508. The quantitative estimate of drug-likeness (QED) is 0.321. The van der Waals surface area contributed by atoms with Crippen LogP contribution in [0.5, 0.6) is 0 Å². The Morgan fingerprint density at radius 3 is 2.73 bits per heavy atom. The molecule has 0 aliphatic heterocycles. The third kappa shape index (κ3) is 4.78. The van der Waals surface area contributed by atoms with E-state index in [4.69, 9.17) is 0 Å². The van der Waals surface area contributed by atoms with E-state index in [0.717, 1.165) is 6.26 Å². The second-order valence-electron chi connectivity index (χ2n) is 1.41. The second kappa shape index (κ2) is 6.42. The first kappa shape index (κ1) is 9.30. The van der Waals surface area contributed by atoms with Crippen molar-refractivity contribution in [3.05, 3.63) is 12.8 Å². The smallest absolute Gasteiger partial charge is 0.238 e. The standard InChI is InChI=1S/C6H6N2O3/c1-2-11-6(8-5-10)3-7-4-9/h2,6H,1,3H2. The lowest BCUT2D eigenvalue weighted by Crippen LogP contribution is -2.09. The van der Waals surface area contributed by atoms with Crippen LogP contribution in [0.15, 0.2) is 22.8 Å². The van der Waals surface area contributed by atoms with Crippen molar-refractivity contribution in [1.29, 1.82) is 0 Å². The first-order chi connectivity index (χ1) is 5.35. The Labute approximate surface area is 63.1 Å². The minimum atomic E-state index is -0.813. The molecule has 11 heavy (non-hydrogen) atoms. The fourth-order valence-corrected chi connectivity index (χ4v) is 0.400. The van der Waals surface area contributed by atoms with Gasteiger partial charge in [0, 0.05) is 0 Å². The molecule has 0 aromatic rings. The summed E-state index contributed by atoms with van der Waals surface area (Å²) in [6.45, 7) is 3.19. The highest BCUT2D eigenvalue weighted by atomic mass is 16.5. The lowest BCUT2D eigenvalue weighted by molar-refractivity contribution is 0.161. The van der Waals surface area contributed by atoms with Gasteiger partial charge in [0.15, 0.2) is 0 Å². The lowest BCUT2D eigenvalue weighted by Gasteiger charge is -2.03. The van der Waals surface area contributed by atoms with E-state index in [0.29, 0.717) is 0 Å². The molecule has 58 valence electrons. The molecule has 0 aliphatic rings. The van der Waals surface area contributed by atoms with Crippen LogP contribution in [0.2, 0.25) is 0 Å². The summed E-state index contributed by atoms with van der Waals surface area (Å²) in [5, 5.41) is 0. The number of hydrogen-bond donors (Lipinski definition) is 0. The van der Waals surface area contributed by atoms with Crippen molar-refractivity contribution in [1.82, 2.24) is 0 Å². The van der Waals surface area contributed by atoms with Crippen LogP contribution < -0.4 is 0 Å². The average Bonchev–Trinajstić information content (AvgIpc) is 2.01. The van der Waals surface area contributed by atoms with E-state index in [-0.39, 0.29) is 6.54 Å². The van der Waals surface area contributed by atoms with Crippen molar-refractivity contribution in [2.75, 3.05) is 6.54 Å². The highest BCUT2D eigenvalue weighted by Gasteiger charge is 2.02. The van der Waals surface area contributed by atoms with E-state index in [2.05, 4.69) is 21.3 Å². The number of aliphatic imine (C=N–C) groups is 2. The summed E-state index contributed by atoms with van der Waals surface area (Å²) in [5.41, 5.74) is 0. The molecule has 1 atom stereocenters. The first-order valence-electron chi connectivity index (χ1n) is 2.72. The molecule has 0 heterocycles. The molecule has 0 bridgehead atoms. The van der Waals surface area contributed by atoms with Crippen molar-refractivity contribution in [2.24, 2.45) is 9.98 Å². The molecule has 0 aromatic carbocycles. The Bertz CT molecular complexity index is 214. The Hall–Kier alpha value is -1.70. The van der Waals surface area contributed by atoms with Crippen molar-refractivity contribution >= 4 is 12.2 Å². The van der Waals surface area contributed by atoms with Gasteiger partial charge in [0.05, 0.1) is 6.26 Å². The summed E-state index contributed by atoms with van der Waals surface area (Å²) >= 11 is 0. The summed E-state index contributed by atoms with van der Waals surface area (Å²) < 4.78 is 4.65. The van der Waals surface area contributed by atoms with E-state index in [1.807, 2.05) is 0 Å². The Kier molecular flexibility index (Phi) is 5.43. The van der Waals surface area contributed by atoms with Gasteiger partial charge in [0.25, 0.3) is 0 Å². The van der Waals surface area contributed by atoms with Crippen LogP contribution in [0.25, 0.3) is 0 Å². The van der Waals surface area contributed by atoms with Crippen LogP contribution in [0.3, 0.4) is 0 Å². The maximum absolute atomic E-state index is 9.71. The van der Waals surface area contributed by atoms with Gasteiger partial charge in [-0.15, -0.1) is 0 Å². The van der Waals surface area contributed by atoms with Crippen molar-refractivity contribution < 1.29 is 14.3 Å². The lowest BCUT2D eigenvalue weighted by atomic mass is 10.6. The van der Waals surface area contributed by atoms with Gasteiger partial charge >= 0.3 is 0 Å². The molecule has 1 unspecified atom stereocenters. The monoisotopic (exact) mass is 154 g/mol. The predicted molar refractivity (Wildman–Crippen MR) is 36.2 cm³/mol. The van der Waals surface area contributed by atoms with Crippen LogP contribution in [0.1, 0.15) is 0 Å². The molecule has 0 spiro atoms. The topological polar surface area (TPSA) is 68.1 Å². The number of carbonyl (C=O) groups excluding carboxylic acids is 2. The largest absolute Gasteiger partial charge is 0.474 e. The minimum Gasteiger partial charge on any atom is -0.474 e. The van der Waals surface area contributed by atoms with Gasteiger partial charge in [0.1, 0.15) is 6.54 Å². The summed E-state index contributed by atoms with van der Waals surface area (Å²) in [5.74, 6) is 0. The van der Waals surface area contributed by atoms with Gasteiger partial charge in [-0.25, -0.2) is 9.59 Å². The zero-order valence-corrected chi connectivity index (χ0v) is 5.69. The van der Waals surface area contributed by atoms with Crippen molar-refractivity contribution in [2.45, 2.75) is 6.23 Å². The molecule has 0 aliphatic carbocycles. The molecular formula is C6H6N2O3. The van der Waals surface area contributed by atoms with Crippen LogP contribution >= 0.6 is 0 Å². The summed E-state index contributed by atoms with van der Waals surface area (Å²) in [6.07, 6.45) is 2.85. The number of rotatable bonds is 5. The highest BCUT2D eigenvalue weighted by molar-refractivity contribution is 5.34. The molecule has 0 N–H and O–H groups in total. The first-order valence-corrected chi connectivity index (χ1v) is 2.72. The van der Waals surface area contributed by atoms with Gasteiger partial charge in [-0.3, -0.25) is 0 Å². The SMILES string of the molecule is C=COC(CN=C=O)N=C=O. The molecule has 0 radical (unpaired) electrons. The molecular weight excluding hydrogens is 148 g/mol. The molecule has 5 heteroatoms. The third-order valence-electron chi connectivity index (χ3n) is 0.762. The van der Waals surface area contributed by atoms with E-state index in [9.17, 15) is 9.59 Å².